The summed E-state index contributed by atoms with van der Waals surface area (Å²) < 4.78 is 5.58. The molecule has 0 amide bonds. The van der Waals surface area contributed by atoms with Crippen LogP contribution in [-0.2, 0) is 0 Å². The molecule has 0 radical (unpaired) electrons. The lowest BCUT2D eigenvalue weighted by Crippen LogP contribution is -2.36. The first kappa shape index (κ1) is 15.1. The van der Waals surface area contributed by atoms with Crippen molar-refractivity contribution in [2.24, 2.45) is 5.92 Å². The summed E-state index contributed by atoms with van der Waals surface area (Å²) in [5.41, 5.74) is 0.988. The Morgan fingerprint density at radius 1 is 1.43 bits per heavy atom. The van der Waals surface area contributed by atoms with E-state index in [1.54, 1.807) is 12.3 Å². The van der Waals surface area contributed by atoms with E-state index in [1.807, 2.05) is 12.1 Å². The van der Waals surface area contributed by atoms with E-state index in [4.69, 9.17) is 4.42 Å². The third kappa shape index (κ3) is 2.90. The molecule has 23 heavy (non-hydrogen) atoms. The molecule has 1 aliphatic heterocycles. The van der Waals surface area contributed by atoms with Crippen LogP contribution in [0, 0.1) is 27.4 Å². The minimum Gasteiger partial charge on any atom is -0.467 e. The highest BCUT2D eigenvalue weighted by atomic mass is 16.6. The molecule has 2 atom stereocenters. The smallest absolute Gasteiger partial charge is 0.270 e. The van der Waals surface area contributed by atoms with E-state index in [1.165, 1.54) is 12.1 Å². The van der Waals surface area contributed by atoms with Crippen molar-refractivity contribution in [1.82, 2.24) is 0 Å². The fraction of sp³-hybridized carbons (Fsp3) is 0.353. The number of anilines is 1. The molecule has 0 N–H and O–H groups in total. The highest BCUT2D eigenvalue weighted by molar-refractivity contribution is 5.64. The number of nitro groups is 1. The lowest BCUT2D eigenvalue weighted by atomic mass is 9.90. The molecular weight excluding hydrogens is 294 g/mol. The van der Waals surface area contributed by atoms with Gasteiger partial charge in [0.25, 0.3) is 5.69 Å². The Balaban J connectivity index is 2.01. The Kier molecular flexibility index (Phi) is 4.02. The molecule has 2 aromatic rings. The average molecular weight is 311 g/mol. The van der Waals surface area contributed by atoms with Gasteiger partial charge in [-0.15, -0.1) is 0 Å². The maximum Gasteiger partial charge on any atom is 0.270 e. The van der Waals surface area contributed by atoms with Gasteiger partial charge in [0.15, 0.2) is 0 Å². The third-order valence-electron chi connectivity index (χ3n) is 4.36. The van der Waals surface area contributed by atoms with Gasteiger partial charge in [0.1, 0.15) is 11.8 Å². The molecule has 0 aliphatic carbocycles. The summed E-state index contributed by atoms with van der Waals surface area (Å²) in [6.07, 6.45) is 3.59. The van der Waals surface area contributed by atoms with Gasteiger partial charge in [-0.25, -0.2) is 0 Å². The van der Waals surface area contributed by atoms with Crippen LogP contribution in [0.1, 0.15) is 37.1 Å². The lowest BCUT2D eigenvalue weighted by Gasteiger charge is -2.39. The van der Waals surface area contributed by atoms with Crippen molar-refractivity contribution in [2.45, 2.75) is 25.8 Å². The fourth-order valence-electron chi connectivity index (χ4n) is 3.16. The van der Waals surface area contributed by atoms with Crippen LogP contribution < -0.4 is 4.90 Å². The molecule has 0 saturated carbocycles. The number of nitriles is 1. The highest BCUT2D eigenvalue weighted by Crippen LogP contribution is 2.39. The second kappa shape index (κ2) is 6.13. The molecular formula is C17H17N3O3. The molecule has 1 fully saturated rings. The van der Waals surface area contributed by atoms with E-state index in [9.17, 15) is 15.4 Å². The molecule has 0 spiro atoms. The average Bonchev–Trinajstić information content (AvgIpc) is 3.08. The zero-order chi connectivity index (χ0) is 16.4. The van der Waals surface area contributed by atoms with Crippen molar-refractivity contribution in [2.75, 3.05) is 11.4 Å². The second-order valence-corrected chi connectivity index (χ2v) is 5.92. The Morgan fingerprint density at radius 2 is 2.26 bits per heavy atom. The maximum atomic E-state index is 10.9. The Bertz CT molecular complexity index is 749. The zero-order valence-electron chi connectivity index (χ0n) is 12.8. The standard InChI is InChI=1S/C17H17N3O3/c1-12-6-7-19(16(9-12)17-3-2-8-23-17)15-5-4-14(20(21)22)10-13(15)11-18/h2-5,8,10,12,16H,6-7,9H2,1H3. The molecule has 3 rings (SSSR count). The summed E-state index contributed by atoms with van der Waals surface area (Å²) in [7, 11) is 0. The number of furan rings is 1. The first-order valence-corrected chi connectivity index (χ1v) is 7.58. The summed E-state index contributed by atoms with van der Waals surface area (Å²) >= 11 is 0. The van der Waals surface area contributed by atoms with Crippen molar-refractivity contribution in [1.29, 1.82) is 5.26 Å². The van der Waals surface area contributed by atoms with Crippen LogP contribution in [0.25, 0.3) is 0 Å². The Morgan fingerprint density at radius 3 is 2.91 bits per heavy atom. The van der Waals surface area contributed by atoms with Crippen LogP contribution >= 0.6 is 0 Å². The number of hydrogen-bond acceptors (Lipinski definition) is 5. The lowest BCUT2D eigenvalue weighted by molar-refractivity contribution is -0.384. The van der Waals surface area contributed by atoms with Crippen LogP contribution in [0.15, 0.2) is 41.0 Å². The van der Waals surface area contributed by atoms with Gasteiger partial charge in [-0.2, -0.15) is 5.26 Å². The van der Waals surface area contributed by atoms with Crippen molar-refractivity contribution >= 4 is 11.4 Å². The molecule has 0 bridgehead atoms. The summed E-state index contributed by atoms with van der Waals surface area (Å²) in [6, 6.07) is 10.4. The molecule has 1 aliphatic rings. The minimum absolute atomic E-state index is 0.0438. The molecule has 6 nitrogen and oxygen atoms in total. The molecule has 1 aromatic heterocycles. The molecule has 118 valence electrons. The number of nitrogens with zero attached hydrogens (tertiary/aromatic N) is 3. The van der Waals surface area contributed by atoms with Gasteiger partial charge in [-0.3, -0.25) is 10.1 Å². The van der Waals surface area contributed by atoms with Crippen LogP contribution in [0.5, 0.6) is 0 Å². The van der Waals surface area contributed by atoms with Crippen LogP contribution in [0.2, 0.25) is 0 Å². The monoisotopic (exact) mass is 311 g/mol. The van der Waals surface area contributed by atoms with Crippen molar-refractivity contribution < 1.29 is 9.34 Å². The van der Waals surface area contributed by atoms with E-state index in [0.717, 1.165) is 30.8 Å². The number of nitro benzene ring substituents is 1. The summed E-state index contributed by atoms with van der Waals surface area (Å²) in [4.78, 5) is 12.6. The molecule has 2 heterocycles. The predicted molar refractivity (Wildman–Crippen MR) is 85.0 cm³/mol. The summed E-state index contributed by atoms with van der Waals surface area (Å²) in [5.74, 6) is 1.42. The first-order valence-electron chi connectivity index (χ1n) is 7.58. The fourth-order valence-corrected chi connectivity index (χ4v) is 3.16. The van der Waals surface area contributed by atoms with E-state index < -0.39 is 4.92 Å². The maximum absolute atomic E-state index is 10.9. The number of benzene rings is 1. The predicted octanol–water partition coefficient (Wildman–Crippen LogP) is 4.04. The van der Waals surface area contributed by atoms with E-state index >= 15 is 0 Å². The number of non-ortho nitro benzene ring substituents is 1. The van der Waals surface area contributed by atoms with Gasteiger partial charge in [-0.05, 0) is 37.0 Å². The normalized spacial score (nSPS) is 21.0. The van der Waals surface area contributed by atoms with Gasteiger partial charge < -0.3 is 9.32 Å². The van der Waals surface area contributed by atoms with E-state index in [0.29, 0.717) is 11.5 Å². The molecule has 1 aromatic carbocycles. The van der Waals surface area contributed by atoms with Crippen LogP contribution in [0.4, 0.5) is 11.4 Å². The van der Waals surface area contributed by atoms with Crippen molar-refractivity contribution in [3.8, 4) is 6.07 Å². The Hall–Kier alpha value is -2.81. The van der Waals surface area contributed by atoms with Crippen molar-refractivity contribution in [3.63, 3.8) is 0 Å². The molecule has 6 heteroatoms. The zero-order valence-corrected chi connectivity index (χ0v) is 12.8. The van der Waals surface area contributed by atoms with Gasteiger partial charge in [0.2, 0.25) is 0 Å². The first-order chi connectivity index (χ1) is 11.1. The third-order valence-corrected chi connectivity index (χ3v) is 4.36. The van der Waals surface area contributed by atoms with E-state index in [-0.39, 0.29) is 11.7 Å². The highest BCUT2D eigenvalue weighted by Gasteiger charge is 2.31. The van der Waals surface area contributed by atoms with Gasteiger partial charge in [0, 0.05) is 18.7 Å². The number of rotatable bonds is 3. The van der Waals surface area contributed by atoms with E-state index in [2.05, 4.69) is 17.9 Å². The largest absolute Gasteiger partial charge is 0.467 e. The summed E-state index contributed by atoms with van der Waals surface area (Å²) in [5, 5.41) is 20.3. The van der Waals surface area contributed by atoms with Gasteiger partial charge in [0.05, 0.1) is 28.5 Å². The number of hydrogen-bond donors (Lipinski definition) is 0. The van der Waals surface area contributed by atoms with Gasteiger partial charge >= 0.3 is 0 Å². The Labute approximate surface area is 134 Å². The molecule has 1 saturated heterocycles. The van der Waals surface area contributed by atoms with Gasteiger partial charge in [-0.1, -0.05) is 6.92 Å². The quantitative estimate of drug-likeness (QED) is 0.631. The second-order valence-electron chi connectivity index (χ2n) is 5.92. The summed E-state index contributed by atoms with van der Waals surface area (Å²) in [6.45, 7) is 2.99. The SMILES string of the molecule is CC1CCN(c2ccc([N+](=O)[O-])cc2C#N)C(c2ccco2)C1. The topological polar surface area (TPSA) is 83.3 Å². The minimum atomic E-state index is -0.479. The number of piperidine rings is 1. The molecule has 2 unspecified atom stereocenters. The van der Waals surface area contributed by atoms with Crippen LogP contribution in [0.3, 0.4) is 0 Å². The van der Waals surface area contributed by atoms with Crippen molar-refractivity contribution in [3.05, 3.63) is 58.0 Å². The van der Waals surface area contributed by atoms with Crippen LogP contribution in [-0.4, -0.2) is 11.5 Å².